The molecule has 0 aliphatic carbocycles. The zero-order chi connectivity index (χ0) is 19.4. The molecular weight excluding hydrogens is 344 g/mol. The molecule has 0 saturated carbocycles. The predicted octanol–water partition coefficient (Wildman–Crippen LogP) is 2.53. The van der Waals surface area contributed by atoms with Crippen LogP contribution >= 0.6 is 0 Å². The highest BCUT2D eigenvalue weighted by Gasteiger charge is 2.30. The second-order valence-corrected chi connectivity index (χ2v) is 8.17. The number of benzene rings is 1. The molecule has 2 aliphatic heterocycles. The molecule has 1 atom stereocenters. The van der Waals surface area contributed by atoms with Crippen molar-refractivity contribution in [3.8, 4) is 0 Å². The minimum absolute atomic E-state index is 0.0428. The molecule has 3 rings (SSSR count). The molecule has 1 N–H and O–H groups in total. The molecule has 0 spiro atoms. The maximum Gasteiger partial charge on any atom is 0.410 e. The fourth-order valence-electron chi connectivity index (χ4n) is 3.44. The predicted molar refractivity (Wildman–Crippen MR) is 105 cm³/mol. The van der Waals surface area contributed by atoms with E-state index in [1.807, 2.05) is 39.0 Å². The number of ether oxygens (including phenoxy) is 1. The molecule has 0 aromatic heterocycles. The summed E-state index contributed by atoms with van der Waals surface area (Å²) in [4.78, 5) is 30.4. The van der Waals surface area contributed by atoms with Crippen LogP contribution in [0, 0.1) is 0 Å². The molecule has 2 fully saturated rings. The smallest absolute Gasteiger partial charge is 0.410 e. The number of hydrogen-bond acceptors (Lipinski definition) is 4. The number of hydrogen-bond donors (Lipinski definition) is 1. The van der Waals surface area contributed by atoms with Crippen LogP contribution in [-0.4, -0.2) is 72.8 Å². The Bertz CT molecular complexity index is 651. The van der Waals surface area contributed by atoms with E-state index in [2.05, 4.69) is 22.3 Å². The molecule has 27 heavy (non-hydrogen) atoms. The van der Waals surface area contributed by atoms with Gasteiger partial charge in [-0.05, 0) is 39.3 Å². The van der Waals surface area contributed by atoms with Crippen molar-refractivity contribution in [2.24, 2.45) is 0 Å². The van der Waals surface area contributed by atoms with Gasteiger partial charge < -0.3 is 24.8 Å². The minimum Gasteiger partial charge on any atom is -0.444 e. The van der Waals surface area contributed by atoms with Gasteiger partial charge in [0, 0.05) is 51.0 Å². The standard InChI is InChI=1S/C20H30N4O3/c1-20(2,3)27-19(26)23-13-11-22(12-14-23)18(25)21-16-9-10-24(15-16)17-7-5-4-6-8-17/h4-8,16H,9-15H2,1-3H3,(H,21,25). The first kappa shape index (κ1) is 19.3. The third kappa shape index (κ3) is 5.28. The van der Waals surface area contributed by atoms with Gasteiger partial charge in [0.1, 0.15) is 5.60 Å². The van der Waals surface area contributed by atoms with Gasteiger partial charge in [0.25, 0.3) is 0 Å². The zero-order valence-electron chi connectivity index (χ0n) is 16.5. The molecule has 148 valence electrons. The highest BCUT2D eigenvalue weighted by Crippen LogP contribution is 2.20. The van der Waals surface area contributed by atoms with Gasteiger partial charge in [-0.2, -0.15) is 0 Å². The van der Waals surface area contributed by atoms with Crippen molar-refractivity contribution < 1.29 is 14.3 Å². The van der Waals surface area contributed by atoms with E-state index in [4.69, 9.17) is 4.74 Å². The van der Waals surface area contributed by atoms with Gasteiger partial charge in [-0.15, -0.1) is 0 Å². The van der Waals surface area contributed by atoms with Crippen molar-refractivity contribution in [3.63, 3.8) is 0 Å². The Morgan fingerprint density at radius 1 is 1.00 bits per heavy atom. The van der Waals surface area contributed by atoms with Gasteiger partial charge in [-0.1, -0.05) is 18.2 Å². The largest absolute Gasteiger partial charge is 0.444 e. The Hall–Kier alpha value is -2.44. The van der Waals surface area contributed by atoms with Gasteiger partial charge >= 0.3 is 12.1 Å². The SMILES string of the molecule is CC(C)(C)OC(=O)N1CCN(C(=O)NC2CCN(c3ccccc3)C2)CC1. The Morgan fingerprint density at radius 3 is 2.26 bits per heavy atom. The van der Waals surface area contributed by atoms with Gasteiger partial charge in [0.2, 0.25) is 0 Å². The van der Waals surface area contributed by atoms with Gasteiger partial charge in [-0.3, -0.25) is 0 Å². The molecule has 2 heterocycles. The molecule has 2 saturated heterocycles. The van der Waals surface area contributed by atoms with Crippen LogP contribution < -0.4 is 10.2 Å². The van der Waals surface area contributed by atoms with Crippen molar-refractivity contribution in [3.05, 3.63) is 30.3 Å². The second-order valence-electron chi connectivity index (χ2n) is 8.17. The molecule has 3 amide bonds. The zero-order valence-corrected chi connectivity index (χ0v) is 16.5. The fourth-order valence-corrected chi connectivity index (χ4v) is 3.44. The lowest BCUT2D eigenvalue weighted by Crippen LogP contribution is -2.55. The molecular formula is C20H30N4O3. The van der Waals surface area contributed by atoms with Gasteiger partial charge in [0.05, 0.1) is 0 Å². The van der Waals surface area contributed by atoms with E-state index in [0.717, 1.165) is 19.5 Å². The lowest BCUT2D eigenvalue weighted by molar-refractivity contribution is 0.0169. The van der Waals surface area contributed by atoms with Crippen molar-refractivity contribution >= 4 is 17.8 Å². The lowest BCUT2D eigenvalue weighted by atomic mass is 10.2. The summed E-state index contributed by atoms with van der Waals surface area (Å²) in [6.07, 6.45) is 0.634. The number of carbonyl (C=O) groups is 2. The Kier molecular flexibility index (Phi) is 5.77. The number of anilines is 1. The fraction of sp³-hybridized carbons (Fsp3) is 0.600. The Labute approximate surface area is 161 Å². The molecule has 0 bridgehead atoms. The van der Waals surface area contributed by atoms with E-state index in [0.29, 0.717) is 26.2 Å². The minimum atomic E-state index is -0.501. The van der Waals surface area contributed by atoms with Crippen LogP contribution in [0.25, 0.3) is 0 Å². The number of nitrogens with one attached hydrogen (secondary N) is 1. The summed E-state index contributed by atoms with van der Waals surface area (Å²) in [6.45, 7) is 9.40. The van der Waals surface area contributed by atoms with Crippen LogP contribution in [0.4, 0.5) is 15.3 Å². The number of rotatable bonds is 2. The number of para-hydroxylation sites is 1. The molecule has 7 heteroatoms. The Balaban J connectivity index is 1.43. The van der Waals surface area contributed by atoms with Crippen LogP contribution in [-0.2, 0) is 4.74 Å². The normalized spacial score (nSPS) is 20.6. The summed E-state index contributed by atoms with van der Waals surface area (Å²) in [7, 11) is 0. The summed E-state index contributed by atoms with van der Waals surface area (Å²) < 4.78 is 5.40. The van der Waals surface area contributed by atoms with Crippen LogP contribution in [0.15, 0.2) is 30.3 Å². The van der Waals surface area contributed by atoms with Gasteiger partial charge in [-0.25, -0.2) is 9.59 Å². The molecule has 2 aliphatic rings. The van der Waals surface area contributed by atoms with Crippen LogP contribution in [0.3, 0.4) is 0 Å². The summed E-state index contributed by atoms with van der Waals surface area (Å²) in [5.41, 5.74) is 0.693. The average Bonchev–Trinajstić information content (AvgIpc) is 3.09. The maximum absolute atomic E-state index is 12.6. The number of nitrogens with zero attached hydrogens (tertiary/aromatic N) is 3. The first-order valence-corrected chi connectivity index (χ1v) is 9.65. The van der Waals surface area contributed by atoms with E-state index in [-0.39, 0.29) is 18.2 Å². The third-order valence-electron chi connectivity index (χ3n) is 4.86. The van der Waals surface area contributed by atoms with Crippen LogP contribution in [0.1, 0.15) is 27.2 Å². The molecule has 0 radical (unpaired) electrons. The topological polar surface area (TPSA) is 65.1 Å². The molecule has 1 aromatic rings. The van der Waals surface area contributed by atoms with Crippen molar-refractivity contribution in [2.45, 2.75) is 38.8 Å². The molecule has 1 aromatic carbocycles. The number of amides is 3. The van der Waals surface area contributed by atoms with Crippen molar-refractivity contribution in [2.75, 3.05) is 44.2 Å². The van der Waals surface area contributed by atoms with E-state index >= 15 is 0 Å². The number of urea groups is 1. The van der Waals surface area contributed by atoms with E-state index in [9.17, 15) is 9.59 Å². The molecule has 1 unspecified atom stereocenters. The molecule has 7 nitrogen and oxygen atoms in total. The summed E-state index contributed by atoms with van der Waals surface area (Å²) in [5.74, 6) is 0. The first-order valence-electron chi connectivity index (χ1n) is 9.65. The quantitative estimate of drug-likeness (QED) is 0.864. The highest BCUT2D eigenvalue weighted by atomic mass is 16.6. The first-order chi connectivity index (χ1) is 12.8. The number of piperazine rings is 1. The van der Waals surface area contributed by atoms with Gasteiger partial charge in [0.15, 0.2) is 0 Å². The third-order valence-corrected chi connectivity index (χ3v) is 4.86. The summed E-state index contributed by atoms with van der Waals surface area (Å²) in [6, 6.07) is 10.4. The van der Waals surface area contributed by atoms with Crippen LogP contribution in [0.5, 0.6) is 0 Å². The lowest BCUT2D eigenvalue weighted by Gasteiger charge is -2.36. The van der Waals surface area contributed by atoms with Crippen molar-refractivity contribution in [1.82, 2.24) is 15.1 Å². The summed E-state index contributed by atoms with van der Waals surface area (Å²) >= 11 is 0. The van der Waals surface area contributed by atoms with Crippen molar-refractivity contribution in [1.29, 1.82) is 0 Å². The summed E-state index contributed by atoms with van der Waals surface area (Å²) in [5, 5.41) is 3.14. The van der Waals surface area contributed by atoms with E-state index in [1.165, 1.54) is 5.69 Å². The monoisotopic (exact) mass is 374 g/mol. The van der Waals surface area contributed by atoms with E-state index in [1.54, 1.807) is 9.80 Å². The average molecular weight is 374 g/mol. The van der Waals surface area contributed by atoms with E-state index < -0.39 is 5.60 Å². The Morgan fingerprint density at radius 2 is 1.63 bits per heavy atom. The number of carbonyl (C=O) groups excluding carboxylic acids is 2. The highest BCUT2D eigenvalue weighted by molar-refractivity contribution is 5.75. The maximum atomic E-state index is 12.6. The van der Waals surface area contributed by atoms with Crippen LogP contribution in [0.2, 0.25) is 0 Å². The second kappa shape index (κ2) is 8.06.